The lowest BCUT2D eigenvalue weighted by Gasteiger charge is -1.95. The lowest BCUT2D eigenvalue weighted by molar-refractivity contribution is 0.0988. The van der Waals surface area contributed by atoms with Gasteiger partial charge in [-0.25, -0.2) is 0 Å². The SMILES string of the molecule is CCNCC(=O)c1ccsn1. The molecule has 0 aliphatic rings. The van der Waals surface area contributed by atoms with Crippen LogP contribution in [0.5, 0.6) is 0 Å². The Kier molecular flexibility index (Phi) is 3.19. The fraction of sp³-hybridized carbons (Fsp3) is 0.429. The molecule has 1 heterocycles. The summed E-state index contributed by atoms with van der Waals surface area (Å²) in [6.07, 6.45) is 0. The normalized spacial score (nSPS) is 9.91. The van der Waals surface area contributed by atoms with Crippen molar-refractivity contribution in [2.24, 2.45) is 0 Å². The molecular weight excluding hydrogens is 160 g/mol. The Morgan fingerprint density at radius 3 is 3.18 bits per heavy atom. The van der Waals surface area contributed by atoms with Crippen LogP contribution in [0.2, 0.25) is 0 Å². The summed E-state index contributed by atoms with van der Waals surface area (Å²) >= 11 is 1.30. The summed E-state index contributed by atoms with van der Waals surface area (Å²) in [5, 5.41) is 4.76. The van der Waals surface area contributed by atoms with Gasteiger partial charge in [-0.05, 0) is 24.1 Å². The molecule has 0 aliphatic carbocycles. The third-order valence-electron chi connectivity index (χ3n) is 1.26. The number of likely N-dealkylation sites (N-methyl/N-ethyl adjacent to an activating group) is 1. The number of hydrogen-bond donors (Lipinski definition) is 1. The van der Waals surface area contributed by atoms with Gasteiger partial charge in [0, 0.05) is 5.38 Å². The van der Waals surface area contributed by atoms with Crippen LogP contribution in [0.3, 0.4) is 0 Å². The van der Waals surface area contributed by atoms with E-state index in [9.17, 15) is 4.79 Å². The Bertz CT molecular complexity index is 220. The molecule has 0 unspecified atom stereocenters. The van der Waals surface area contributed by atoms with Gasteiger partial charge < -0.3 is 5.32 Å². The first-order valence-corrected chi connectivity index (χ1v) is 4.32. The Morgan fingerprint density at radius 1 is 1.82 bits per heavy atom. The second kappa shape index (κ2) is 4.20. The molecule has 0 bridgehead atoms. The Hall–Kier alpha value is -0.740. The van der Waals surface area contributed by atoms with Crippen molar-refractivity contribution in [3.05, 3.63) is 17.1 Å². The van der Waals surface area contributed by atoms with E-state index in [4.69, 9.17) is 0 Å². The summed E-state index contributed by atoms with van der Waals surface area (Å²) in [7, 11) is 0. The molecule has 1 N–H and O–H groups in total. The first-order valence-electron chi connectivity index (χ1n) is 3.49. The molecule has 0 fully saturated rings. The first kappa shape index (κ1) is 8.36. The second-order valence-electron chi connectivity index (χ2n) is 2.09. The van der Waals surface area contributed by atoms with Crippen molar-refractivity contribution in [1.29, 1.82) is 0 Å². The maximum atomic E-state index is 11.1. The van der Waals surface area contributed by atoms with Crippen molar-refractivity contribution in [2.75, 3.05) is 13.1 Å². The van der Waals surface area contributed by atoms with Gasteiger partial charge in [-0.1, -0.05) is 6.92 Å². The minimum absolute atomic E-state index is 0.0631. The summed E-state index contributed by atoms with van der Waals surface area (Å²) in [5.74, 6) is 0.0631. The fourth-order valence-electron chi connectivity index (χ4n) is 0.685. The number of hydrogen-bond acceptors (Lipinski definition) is 4. The average Bonchev–Trinajstić information content (AvgIpc) is 2.52. The van der Waals surface area contributed by atoms with Gasteiger partial charge in [0.2, 0.25) is 0 Å². The van der Waals surface area contributed by atoms with Crippen molar-refractivity contribution in [3.8, 4) is 0 Å². The Balaban J connectivity index is 2.43. The van der Waals surface area contributed by atoms with E-state index >= 15 is 0 Å². The van der Waals surface area contributed by atoms with E-state index in [2.05, 4.69) is 9.69 Å². The lowest BCUT2D eigenvalue weighted by Crippen LogP contribution is -2.22. The number of nitrogens with one attached hydrogen (secondary N) is 1. The van der Waals surface area contributed by atoms with E-state index < -0.39 is 0 Å². The molecule has 4 heteroatoms. The highest BCUT2D eigenvalue weighted by Gasteiger charge is 2.05. The fourth-order valence-corrected chi connectivity index (χ4v) is 1.21. The van der Waals surface area contributed by atoms with Crippen molar-refractivity contribution in [2.45, 2.75) is 6.92 Å². The van der Waals surface area contributed by atoms with Gasteiger partial charge in [0.05, 0.1) is 6.54 Å². The van der Waals surface area contributed by atoms with Crippen molar-refractivity contribution < 1.29 is 4.79 Å². The van der Waals surface area contributed by atoms with Crippen LogP contribution < -0.4 is 5.32 Å². The first-order chi connectivity index (χ1) is 5.34. The molecule has 0 saturated heterocycles. The standard InChI is InChI=1S/C7H10N2OS/c1-2-8-5-7(10)6-3-4-11-9-6/h3-4,8H,2,5H2,1H3. The molecule has 0 radical (unpaired) electrons. The molecule has 11 heavy (non-hydrogen) atoms. The van der Waals surface area contributed by atoms with E-state index in [1.165, 1.54) is 11.5 Å². The number of Topliss-reactive ketones (excluding diaryl/α,β-unsaturated/α-hetero) is 1. The van der Waals surface area contributed by atoms with Gasteiger partial charge >= 0.3 is 0 Å². The van der Waals surface area contributed by atoms with Crippen LogP contribution in [0, 0.1) is 0 Å². The third-order valence-corrected chi connectivity index (χ3v) is 1.82. The lowest BCUT2D eigenvalue weighted by atomic mass is 10.3. The van der Waals surface area contributed by atoms with Crippen molar-refractivity contribution >= 4 is 17.3 Å². The predicted molar refractivity (Wildman–Crippen MR) is 45.0 cm³/mol. The number of carbonyl (C=O) groups is 1. The molecule has 0 saturated carbocycles. The average molecular weight is 170 g/mol. The Labute approximate surface area is 69.6 Å². The minimum atomic E-state index is 0.0631. The highest BCUT2D eigenvalue weighted by atomic mass is 32.1. The van der Waals surface area contributed by atoms with Crippen LogP contribution in [-0.2, 0) is 0 Å². The van der Waals surface area contributed by atoms with E-state index in [1.807, 2.05) is 6.92 Å². The zero-order valence-corrected chi connectivity index (χ0v) is 7.15. The van der Waals surface area contributed by atoms with Gasteiger partial charge in [-0.15, -0.1) is 0 Å². The Morgan fingerprint density at radius 2 is 2.64 bits per heavy atom. The third kappa shape index (κ3) is 2.40. The van der Waals surface area contributed by atoms with Gasteiger partial charge in [0.1, 0.15) is 5.69 Å². The second-order valence-corrected chi connectivity index (χ2v) is 2.75. The number of carbonyl (C=O) groups excluding carboxylic acids is 1. The topological polar surface area (TPSA) is 42.0 Å². The predicted octanol–water partition coefficient (Wildman–Crippen LogP) is 0.935. The summed E-state index contributed by atoms with van der Waals surface area (Å²) < 4.78 is 3.92. The summed E-state index contributed by atoms with van der Waals surface area (Å²) in [5.41, 5.74) is 0.566. The molecule has 1 aromatic rings. The van der Waals surface area contributed by atoms with Crippen molar-refractivity contribution in [3.63, 3.8) is 0 Å². The number of ketones is 1. The summed E-state index contributed by atoms with van der Waals surface area (Å²) in [6, 6.07) is 1.74. The maximum absolute atomic E-state index is 11.1. The van der Waals surface area contributed by atoms with Gasteiger partial charge in [-0.2, -0.15) is 4.37 Å². The highest BCUT2D eigenvalue weighted by Crippen LogP contribution is 1.99. The molecule has 1 rings (SSSR count). The molecule has 0 amide bonds. The molecule has 0 aromatic carbocycles. The molecule has 1 aromatic heterocycles. The smallest absolute Gasteiger partial charge is 0.195 e. The van der Waals surface area contributed by atoms with Crippen LogP contribution in [0.15, 0.2) is 11.4 Å². The van der Waals surface area contributed by atoms with E-state index in [0.29, 0.717) is 12.2 Å². The van der Waals surface area contributed by atoms with Crippen molar-refractivity contribution in [1.82, 2.24) is 9.69 Å². The molecule has 0 aliphatic heterocycles. The van der Waals surface area contributed by atoms with Gasteiger partial charge in [0.15, 0.2) is 5.78 Å². The molecular formula is C7H10N2OS. The zero-order valence-electron chi connectivity index (χ0n) is 6.33. The van der Waals surface area contributed by atoms with Crippen LogP contribution >= 0.6 is 11.5 Å². The van der Waals surface area contributed by atoms with Crippen LogP contribution in [0.4, 0.5) is 0 Å². The molecule has 0 spiro atoms. The molecule has 0 atom stereocenters. The van der Waals surface area contributed by atoms with Gasteiger partial charge in [0.25, 0.3) is 0 Å². The quantitative estimate of drug-likeness (QED) is 0.684. The zero-order chi connectivity index (χ0) is 8.10. The summed E-state index contributed by atoms with van der Waals surface area (Å²) in [6.45, 7) is 3.17. The van der Waals surface area contributed by atoms with E-state index in [-0.39, 0.29) is 5.78 Å². The van der Waals surface area contributed by atoms with Crippen LogP contribution in [0.1, 0.15) is 17.4 Å². The number of nitrogens with zero attached hydrogens (tertiary/aromatic N) is 1. The summed E-state index contributed by atoms with van der Waals surface area (Å²) in [4.78, 5) is 11.1. The van der Waals surface area contributed by atoms with Crippen LogP contribution in [-0.4, -0.2) is 23.2 Å². The van der Waals surface area contributed by atoms with E-state index in [0.717, 1.165) is 6.54 Å². The maximum Gasteiger partial charge on any atom is 0.195 e. The van der Waals surface area contributed by atoms with E-state index in [1.54, 1.807) is 11.4 Å². The molecule has 3 nitrogen and oxygen atoms in total. The largest absolute Gasteiger partial charge is 0.310 e. The van der Waals surface area contributed by atoms with Crippen LogP contribution in [0.25, 0.3) is 0 Å². The number of rotatable bonds is 4. The van der Waals surface area contributed by atoms with Gasteiger partial charge in [-0.3, -0.25) is 4.79 Å². The monoisotopic (exact) mass is 170 g/mol. The minimum Gasteiger partial charge on any atom is -0.310 e. The highest BCUT2D eigenvalue weighted by molar-refractivity contribution is 7.03. The number of aromatic nitrogens is 1. The molecule has 60 valence electrons.